The van der Waals surface area contributed by atoms with E-state index in [2.05, 4.69) is 9.82 Å². The van der Waals surface area contributed by atoms with Crippen molar-refractivity contribution in [3.05, 3.63) is 84.1 Å². The third-order valence-electron chi connectivity index (χ3n) is 4.61. The summed E-state index contributed by atoms with van der Waals surface area (Å²) in [5, 5.41) is 4.32. The zero-order chi connectivity index (χ0) is 22.2. The lowest BCUT2D eigenvalue weighted by Gasteiger charge is -2.21. The number of hydrazone groups is 1. The van der Waals surface area contributed by atoms with Gasteiger partial charge >= 0.3 is 0 Å². The Morgan fingerprint density at radius 1 is 1.06 bits per heavy atom. The summed E-state index contributed by atoms with van der Waals surface area (Å²) < 4.78 is 71.6. The van der Waals surface area contributed by atoms with Gasteiger partial charge in [0.2, 0.25) is 10.0 Å². The first-order valence-corrected chi connectivity index (χ1v) is 12.5. The molecule has 31 heavy (non-hydrogen) atoms. The minimum Gasteiger partial charge on any atom is -0.467 e. The predicted octanol–water partition coefficient (Wildman–Crippen LogP) is 3.33. The fraction of sp³-hybridized carbons (Fsp3) is 0.150. The van der Waals surface area contributed by atoms with Crippen LogP contribution in [-0.2, 0) is 20.0 Å². The van der Waals surface area contributed by atoms with E-state index < -0.39 is 31.9 Å². The van der Waals surface area contributed by atoms with Crippen LogP contribution in [0.15, 0.2) is 81.3 Å². The maximum atomic E-state index is 13.7. The van der Waals surface area contributed by atoms with E-state index in [9.17, 15) is 21.2 Å². The van der Waals surface area contributed by atoms with Crippen molar-refractivity contribution in [2.24, 2.45) is 5.10 Å². The van der Waals surface area contributed by atoms with Crippen LogP contribution in [0.2, 0.25) is 0 Å². The fourth-order valence-electron chi connectivity index (χ4n) is 3.26. The van der Waals surface area contributed by atoms with Crippen molar-refractivity contribution in [1.82, 2.24) is 4.41 Å². The first-order valence-electron chi connectivity index (χ1n) is 9.12. The number of furan rings is 1. The van der Waals surface area contributed by atoms with Gasteiger partial charge < -0.3 is 4.42 Å². The fourth-order valence-corrected chi connectivity index (χ4v) is 5.27. The second-order valence-electron chi connectivity index (χ2n) is 6.97. The summed E-state index contributed by atoms with van der Waals surface area (Å²) >= 11 is 0. The van der Waals surface area contributed by atoms with Crippen molar-refractivity contribution in [2.75, 3.05) is 11.0 Å². The number of nitrogens with one attached hydrogen (secondary N) is 1. The summed E-state index contributed by atoms with van der Waals surface area (Å²) in [6, 6.07) is 13.7. The molecule has 0 aliphatic carbocycles. The second kappa shape index (κ2) is 7.82. The molecular weight excluding hydrogens is 445 g/mol. The Kier molecular flexibility index (Phi) is 5.31. The van der Waals surface area contributed by atoms with Crippen LogP contribution >= 0.6 is 0 Å². The van der Waals surface area contributed by atoms with Crippen molar-refractivity contribution >= 4 is 31.4 Å². The number of hydrogen-bond acceptors (Lipinski definition) is 6. The van der Waals surface area contributed by atoms with Crippen LogP contribution in [0.4, 0.5) is 10.1 Å². The van der Waals surface area contributed by atoms with E-state index in [1.54, 1.807) is 36.4 Å². The van der Waals surface area contributed by atoms with Crippen LogP contribution in [0, 0.1) is 5.82 Å². The van der Waals surface area contributed by atoms with Gasteiger partial charge in [-0.25, -0.2) is 12.8 Å². The van der Waals surface area contributed by atoms with Crippen LogP contribution < -0.4 is 4.72 Å². The van der Waals surface area contributed by atoms with Crippen LogP contribution in [0.1, 0.15) is 23.8 Å². The monoisotopic (exact) mass is 463 g/mol. The van der Waals surface area contributed by atoms with Crippen molar-refractivity contribution in [3.63, 3.8) is 0 Å². The molecule has 11 heteroatoms. The molecule has 1 aromatic heterocycles. The highest BCUT2D eigenvalue weighted by Crippen LogP contribution is 2.37. The molecule has 0 saturated heterocycles. The zero-order valence-electron chi connectivity index (χ0n) is 16.3. The minimum atomic E-state index is -4.16. The maximum Gasteiger partial charge on any atom is 0.279 e. The molecule has 0 amide bonds. The standard InChI is InChI=1S/C20H18FN3O5S2/c1-30(25,26)23-16-9-7-14(8-10-16)18-13-19(20-6-3-11-29-20)24(22-18)31(27,28)17-5-2-4-15(21)12-17/h2-12,19,23H,13H2,1H3/t19-/m0/s1. The lowest BCUT2D eigenvalue weighted by Crippen LogP contribution is -2.27. The number of sulfonamides is 2. The van der Waals surface area contributed by atoms with Gasteiger partial charge in [0.15, 0.2) is 0 Å². The number of anilines is 1. The average molecular weight is 464 g/mol. The summed E-state index contributed by atoms with van der Waals surface area (Å²) in [6.45, 7) is 0. The first kappa shape index (κ1) is 21.1. The molecule has 0 spiro atoms. The summed E-state index contributed by atoms with van der Waals surface area (Å²) in [5.41, 5.74) is 1.46. The van der Waals surface area contributed by atoms with Gasteiger partial charge in [-0.1, -0.05) is 18.2 Å². The highest BCUT2D eigenvalue weighted by Gasteiger charge is 2.39. The van der Waals surface area contributed by atoms with Gasteiger partial charge in [0, 0.05) is 12.1 Å². The van der Waals surface area contributed by atoms with Crippen molar-refractivity contribution in [2.45, 2.75) is 17.4 Å². The number of nitrogens with zero attached hydrogens (tertiary/aromatic N) is 2. The molecule has 8 nitrogen and oxygen atoms in total. The molecule has 3 aromatic rings. The molecule has 4 rings (SSSR count). The van der Waals surface area contributed by atoms with E-state index in [-0.39, 0.29) is 11.3 Å². The van der Waals surface area contributed by atoms with Crippen LogP contribution in [0.5, 0.6) is 0 Å². The highest BCUT2D eigenvalue weighted by molar-refractivity contribution is 7.92. The third-order valence-corrected chi connectivity index (χ3v) is 6.89. The summed E-state index contributed by atoms with van der Waals surface area (Å²) in [7, 11) is -7.58. The van der Waals surface area contributed by atoms with Crippen LogP contribution in [-0.4, -0.2) is 33.2 Å². The number of benzene rings is 2. The largest absolute Gasteiger partial charge is 0.467 e. The maximum absolute atomic E-state index is 13.7. The molecule has 2 heterocycles. The van der Waals surface area contributed by atoms with E-state index >= 15 is 0 Å². The summed E-state index contributed by atoms with van der Waals surface area (Å²) in [6.07, 6.45) is 2.71. The Bertz CT molecular complexity index is 1340. The Morgan fingerprint density at radius 3 is 2.42 bits per heavy atom. The normalized spacial score (nSPS) is 16.9. The van der Waals surface area contributed by atoms with Crippen molar-refractivity contribution < 1.29 is 25.6 Å². The van der Waals surface area contributed by atoms with E-state index in [4.69, 9.17) is 4.42 Å². The average Bonchev–Trinajstić information content (AvgIpc) is 3.37. The van der Waals surface area contributed by atoms with Crippen LogP contribution in [0.25, 0.3) is 0 Å². The van der Waals surface area contributed by atoms with Crippen LogP contribution in [0.3, 0.4) is 0 Å². The van der Waals surface area contributed by atoms with Gasteiger partial charge in [0.25, 0.3) is 10.0 Å². The molecule has 2 aromatic carbocycles. The molecule has 1 aliphatic heterocycles. The van der Waals surface area contributed by atoms with E-state index in [1.165, 1.54) is 18.4 Å². The quantitative estimate of drug-likeness (QED) is 0.603. The third kappa shape index (κ3) is 4.47. The molecule has 0 bridgehead atoms. The van der Waals surface area contributed by atoms with E-state index in [1.807, 2.05) is 0 Å². The topological polar surface area (TPSA) is 109 Å². The minimum absolute atomic E-state index is 0.221. The molecule has 0 saturated carbocycles. The molecule has 162 valence electrons. The number of halogens is 1. The molecule has 1 atom stereocenters. The Balaban J connectivity index is 1.72. The van der Waals surface area contributed by atoms with Crippen molar-refractivity contribution in [1.29, 1.82) is 0 Å². The second-order valence-corrected chi connectivity index (χ2v) is 10.5. The predicted molar refractivity (Wildman–Crippen MR) is 113 cm³/mol. The van der Waals surface area contributed by atoms with Gasteiger partial charge in [0.1, 0.15) is 17.6 Å². The van der Waals surface area contributed by atoms with E-state index in [0.717, 1.165) is 22.8 Å². The zero-order valence-corrected chi connectivity index (χ0v) is 17.9. The highest BCUT2D eigenvalue weighted by atomic mass is 32.2. The lowest BCUT2D eigenvalue weighted by molar-refractivity contribution is 0.320. The molecule has 1 N–H and O–H groups in total. The first-order chi connectivity index (χ1) is 14.6. The van der Waals surface area contributed by atoms with Gasteiger partial charge in [0.05, 0.1) is 23.1 Å². The Morgan fingerprint density at radius 2 is 1.81 bits per heavy atom. The molecule has 1 aliphatic rings. The molecule has 0 fully saturated rings. The molecule has 0 unspecified atom stereocenters. The SMILES string of the molecule is CS(=O)(=O)Nc1ccc(C2=NN(S(=O)(=O)c3cccc(F)c3)[C@H](c3ccco3)C2)cc1. The summed E-state index contributed by atoms with van der Waals surface area (Å²) in [5.74, 6) is -0.276. The Hall–Kier alpha value is -3.18. The number of hydrogen-bond donors (Lipinski definition) is 1. The number of rotatable bonds is 6. The van der Waals surface area contributed by atoms with Gasteiger partial charge in [-0.2, -0.15) is 17.9 Å². The molecular formula is C20H18FN3O5S2. The summed E-state index contributed by atoms with van der Waals surface area (Å²) in [4.78, 5) is -0.221. The van der Waals surface area contributed by atoms with E-state index in [0.29, 0.717) is 22.7 Å². The van der Waals surface area contributed by atoms with Gasteiger partial charge in [-0.3, -0.25) is 4.72 Å². The van der Waals surface area contributed by atoms with Crippen molar-refractivity contribution in [3.8, 4) is 0 Å². The van der Waals surface area contributed by atoms with Gasteiger partial charge in [-0.05, 0) is 48.0 Å². The molecule has 0 radical (unpaired) electrons. The smallest absolute Gasteiger partial charge is 0.279 e. The lowest BCUT2D eigenvalue weighted by atomic mass is 10.0. The van der Waals surface area contributed by atoms with Gasteiger partial charge in [-0.15, -0.1) is 0 Å². The Labute approximate surface area is 179 Å².